The quantitative estimate of drug-likeness (QED) is 0.556. The lowest BCUT2D eigenvalue weighted by Crippen LogP contribution is -2.20. The van der Waals surface area contributed by atoms with Gasteiger partial charge in [-0.2, -0.15) is 0 Å². The fourth-order valence-electron chi connectivity index (χ4n) is 3.07. The Labute approximate surface area is 155 Å². The summed E-state index contributed by atoms with van der Waals surface area (Å²) in [5, 5.41) is 10.3. The van der Waals surface area contributed by atoms with Crippen molar-refractivity contribution in [3.8, 4) is 17.2 Å². The molecule has 0 spiro atoms. The molecule has 0 saturated carbocycles. The fourth-order valence-corrected chi connectivity index (χ4v) is 3.07. The SMILES string of the molecule is O=C(Oc1cc(O)c2c(c1)OC(c1ccccc1)CC2=O)c1ccccc1. The Hall–Kier alpha value is -3.60. The number of rotatable bonds is 3. The molecule has 134 valence electrons. The Balaban J connectivity index is 1.64. The number of phenols is 1. The number of hydrogen-bond donors (Lipinski definition) is 1. The fraction of sp³-hybridized carbons (Fsp3) is 0.0909. The van der Waals surface area contributed by atoms with Gasteiger partial charge in [0.2, 0.25) is 0 Å². The van der Waals surface area contributed by atoms with Crippen LogP contribution in [0.1, 0.15) is 38.8 Å². The van der Waals surface area contributed by atoms with Crippen molar-refractivity contribution in [3.63, 3.8) is 0 Å². The van der Waals surface area contributed by atoms with E-state index in [2.05, 4.69) is 0 Å². The topological polar surface area (TPSA) is 72.8 Å². The van der Waals surface area contributed by atoms with Crippen LogP contribution in [0.2, 0.25) is 0 Å². The summed E-state index contributed by atoms with van der Waals surface area (Å²) in [5.41, 5.74) is 1.36. The van der Waals surface area contributed by atoms with Gasteiger partial charge in [-0.1, -0.05) is 48.5 Å². The molecule has 0 amide bonds. The van der Waals surface area contributed by atoms with Crippen LogP contribution in [0.3, 0.4) is 0 Å². The zero-order valence-corrected chi connectivity index (χ0v) is 14.3. The van der Waals surface area contributed by atoms with Gasteiger partial charge in [0.25, 0.3) is 0 Å². The molecule has 1 N–H and O–H groups in total. The third-order valence-corrected chi connectivity index (χ3v) is 4.37. The van der Waals surface area contributed by atoms with Crippen molar-refractivity contribution < 1.29 is 24.2 Å². The minimum atomic E-state index is -0.559. The lowest BCUT2D eigenvalue weighted by molar-refractivity contribution is 0.0733. The monoisotopic (exact) mass is 360 g/mol. The average Bonchev–Trinajstić information content (AvgIpc) is 2.68. The van der Waals surface area contributed by atoms with Crippen molar-refractivity contribution in [1.29, 1.82) is 0 Å². The number of aromatic hydroxyl groups is 1. The smallest absolute Gasteiger partial charge is 0.343 e. The molecule has 1 heterocycles. The Morgan fingerprint density at radius 3 is 2.37 bits per heavy atom. The van der Waals surface area contributed by atoms with E-state index in [1.54, 1.807) is 30.3 Å². The number of carbonyl (C=O) groups excluding carboxylic acids is 2. The zero-order valence-electron chi connectivity index (χ0n) is 14.3. The van der Waals surface area contributed by atoms with E-state index in [9.17, 15) is 14.7 Å². The van der Waals surface area contributed by atoms with Gasteiger partial charge in [-0.15, -0.1) is 0 Å². The molecule has 1 unspecified atom stereocenters. The molecular formula is C22H16O5. The first kappa shape index (κ1) is 16.8. The molecule has 0 aromatic heterocycles. The van der Waals surface area contributed by atoms with Gasteiger partial charge in [0.1, 0.15) is 28.9 Å². The normalized spacial score (nSPS) is 15.6. The first-order valence-electron chi connectivity index (χ1n) is 8.51. The van der Waals surface area contributed by atoms with Crippen LogP contribution in [0.15, 0.2) is 72.8 Å². The number of fused-ring (bicyclic) bond motifs is 1. The van der Waals surface area contributed by atoms with E-state index in [1.165, 1.54) is 12.1 Å². The van der Waals surface area contributed by atoms with E-state index in [0.29, 0.717) is 5.56 Å². The molecule has 5 heteroatoms. The number of Topliss-reactive ketones (excluding diaryl/α,β-unsaturated/α-hetero) is 1. The average molecular weight is 360 g/mol. The van der Waals surface area contributed by atoms with Gasteiger partial charge in [-0.25, -0.2) is 4.79 Å². The van der Waals surface area contributed by atoms with E-state index in [1.807, 2.05) is 30.3 Å². The number of ketones is 1. The zero-order chi connectivity index (χ0) is 18.8. The van der Waals surface area contributed by atoms with E-state index in [-0.39, 0.29) is 35.0 Å². The molecule has 5 nitrogen and oxygen atoms in total. The van der Waals surface area contributed by atoms with Gasteiger partial charge < -0.3 is 14.6 Å². The van der Waals surface area contributed by atoms with Crippen LogP contribution < -0.4 is 9.47 Å². The maximum atomic E-state index is 12.5. The van der Waals surface area contributed by atoms with Gasteiger partial charge in [-0.3, -0.25) is 4.79 Å². The number of esters is 1. The highest BCUT2D eigenvalue weighted by Crippen LogP contribution is 2.41. The number of phenolic OH excluding ortho intramolecular Hbond substituents is 1. The predicted molar refractivity (Wildman–Crippen MR) is 98.3 cm³/mol. The first-order chi connectivity index (χ1) is 13.1. The first-order valence-corrected chi connectivity index (χ1v) is 8.51. The van der Waals surface area contributed by atoms with E-state index >= 15 is 0 Å². The van der Waals surface area contributed by atoms with Crippen molar-refractivity contribution in [2.75, 3.05) is 0 Å². The maximum Gasteiger partial charge on any atom is 0.343 e. The second-order valence-corrected chi connectivity index (χ2v) is 6.22. The Morgan fingerprint density at radius 1 is 1.00 bits per heavy atom. The largest absolute Gasteiger partial charge is 0.507 e. The molecule has 3 aromatic rings. The van der Waals surface area contributed by atoms with Crippen LogP contribution >= 0.6 is 0 Å². The van der Waals surface area contributed by atoms with Crippen LogP contribution in [0.25, 0.3) is 0 Å². The van der Waals surface area contributed by atoms with Gasteiger partial charge in [-0.05, 0) is 17.7 Å². The number of hydrogen-bond acceptors (Lipinski definition) is 5. The molecule has 1 aliphatic rings. The molecule has 0 bridgehead atoms. The molecular weight excluding hydrogens is 344 g/mol. The van der Waals surface area contributed by atoms with Gasteiger partial charge in [0.15, 0.2) is 5.78 Å². The lowest BCUT2D eigenvalue weighted by Gasteiger charge is -2.26. The van der Waals surface area contributed by atoms with Crippen LogP contribution in [0, 0.1) is 0 Å². The molecule has 0 radical (unpaired) electrons. The molecule has 4 rings (SSSR count). The Kier molecular flexibility index (Phi) is 4.34. The van der Waals surface area contributed by atoms with E-state index in [0.717, 1.165) is 5.56 Å². The van der Waals surface area contributed by atoms with Crippen molar-refractivity contribution >= 4 is 11.8 Å². The summed E-state index contributed by atoms with van der Waals surface area (Å²) in [6, 6.07) is 20.6. The van der Waals surface area contributed by atoms with E-state index in [4.69, 9.17) is 9.47 Å². The predicted octanol–water partition coefficient (Wildman–Crippen LogP) is 4.32. The van der Waals surface area contributed by atoms with Crippen molar-refractivity contribution in [2.24, 2.45) is 0 Å². The standard InChI is InChI=1S/C22H16O5/c23-17-11-16(26-22(25)15-9-5-2-6-10-15)12-20-21(17)18(24)13-19(27-20)14-7-3-1-4-8-14/h1-12,19,23H,13H2. The molecule has 3 aromatic carbocycles. The molecule has 1 aliphatic heterocycles. The molecule has 27 heavy (non-hydrogen) atoms. The summed E-state index contributed by atoms with van der Waals surface area (Å²) in [6.45, 7) is 0. The molecule has 0 saturated heterocycles. The highest BCUT2D eigenvalue weighted by Gasteiger charge is 2.31. The summed E-state index contributed by atoms with van der Waals surface area (Å²) in [4.78, 5) is 24.7. The van der Waals surface area contributed by atoms with Crippen LogP contribution in [-0.4, -0.2) is 16.9 Å². The Bertz CT molecular complexity index is 996. The Morgan fingerprint density at radius 2 is 1.67 bits per heavy atom. The third-order valence-electron chi connectivity index (χ3n) is 4.37. The number of benzene rings is 3. The minimum Gasteiger partial charge on any atom is -0.507 e. The molecule has 0 fully saturated rings. The summed E-state index contributed by atoms with van der Waals surface area (Å²) in [6.07, 6.45) is -0.320. The summed E-state index contributed by atoms with van der Waals surface area (Å²) in [5.74, 6) is -0.724. The number of carbonyl (C=O) groups is 2. The summed E-state index contributed by atoms with van der Waals surface area (Å²) < 4.78 is 11.3. The maximum absolute atomic E-state index is 12.5. The summed E-state index contributed by atoms with van der Waals surface area (Å²) >= 11 is 0. The van der Waals surface area contributed by atoms with Crippen LogP contribution in [0.4, 0.5) is 0 Å². The lowest BCUT2D eigenvalue weighted by atomic mass is 9.95. The van der Waals surface area contributed by atoms with Crippen molar-refractivity contribution in [1.82, 2.24) is 0 Å². The highest BCUT2D eigenvalue weighted by molar-refractivity contribution is 6.03. The van der Waals surface area contributed by atoms with E-state index < -0.39 is 12.1 Å². The second kappa shape index (κ2) is 6.96. The highest BCUT2D eigenvalue weighted by atomic mass is 16.5. The van der Waals surface area contributed by atoms with Gasteiger partial charge >= 0.3 is 5.97 Å². The van der Waals surface area contributed by atoms with Crippen LogP contribution in [0.5, 0.6) is 17.2 Å². The van der Waals surface area contributed by atoms with Gasteiger partial charge in [0.05, 0.1) is 12.0 Å². The van der Waals surface area contributed by atoms with Crippen molar-refractivity contribution in [3.05, 3.63) is 89.5 Å². The van der Waals surface area contributed by atoms with Crippen LogP contribution in [-0.2, 0) is 0 Å². The third kappa shape index (κ3) is 3.40. The van der Waals surface area contributed by atoms with Crippen molar-refractivity contribution in [2.45, 2.75) is 12.5 Å². The van der Waals surface area contributed by atoms with Gasteiger partial charge in [0, 0.05) is 12.1 Å². The second-order valence-electron chi connectivity index (χ2n) is 6.22. The number of ether oxygens (including phenoxy) is 2. The molecule has 1 atom stereocenters. The summed E-state index contributed by atoms with van der Waals surface area (Å²) in [7, 11) is 0. The minimum absolute atomic E-state index is 0.113. The molecule has 0 aliphatic carbocycles.